The van der Waals surface area contributed by atoms with E-state index in [1.807, 2.05) is 73.7 Å². The molecular formula is C26H28N2O3. The molecule has 0 aromatic heterocycles. The third-order valence-corrected chi connectivity index (χ3v) is 5.04. The van der Waals surface area contributed by atoms with Gasteiger partial charge >= 0.3 is 0 Å². The third-order valence-electron chi connectivity index (χ3n) is 5.04. The first-order chi connectivity index (χ1) is 15.1. The second-order valence-corrected chi connectivity index (χ2v) is 7.37. The van der Waals surface area contributed by atoms with Crippen LogP contribution in [0.3, 0.4) is 0 Å². The molecule has 0 heterocycles. The molecule has 3 aromatic carbocycles. The van der Waals surface area contributed by atoms with Crippen molar-refractivity contribution < 1.29 is 14.3 Å². The Bertz CT molecular complexity index is 1020. The van der Waals surface area contributed by atoms with E-state index in [0.29, 0.717) is 5.75 Å². The third kappa shape index (κ3) is 6.44. The van der Waals surface area contributed by atoms with E-state index in [1.54, 1.807) is 7.05 Å². The van der Waals surface area contributed by atoms with E-state index in [-0.39, 0.29) is 25.0 Å². The zero-order valence-electron chi connectivity index (χ0n) is 18.0. The molecular weight excluding hydrogens is 388 g/mol. The smallest absolute Gasteiger partial charge is 0.260 e. The average molecular weight is 417 g/mol. The number of hydrogen-bond acceptors (Lipinski definition) is 3. The summed E-state index contributed by atoms with van der Waals surface area (Å²) in [6, 6.07) is 25.5. The van der Waals surface area contributed by atoms with Crippen LogP contribution in [0.25, 0.3) is 0 Å². The van der Waals surface area contributed by atoms with Gasteiger partial charge in [0.25, 0.3) is 5.91 Å². The maximum Gasteiger partial charge on any atom is 0.260 e. The second-order valence-electron chi connectivity index (χ2n) is 7.37. The van der Waals surface area contributed by atoms with Crippen LogP contribution in [0.1, 0.15) is 23.6 Å². The van der Waals surface area contributed by atoms with Crippen molar-refractivity contribution >= 4 is 17.5 Å². The number of carbonyl (C=O) groups excluding carboxylic acids is 2. The summed E-state index contributed by atoms with van der Waals surface area (Å²) >= 11 is 0. The van der Waals surface area contributed by atoms with Crippen LogP contribution in [0.2, 0.25) is 0 Å². The van der Waals surface area contributed by atoms with Crippen molar-refractivity contribution in [3.8, 4) is 5.75 Å². The maximum atomic E-state index is 12.5. The summed E-state index contributed by atoms with van der Waals surface area (Å²) in [5.41, 5.74) is 4.02. The molecule has 0 fully saturated rings. The number of para-hydroxylation sites is 2. The number of ether oxygens (including phenoxy) is 1. The van der Waals surface area contributed by atoms with E-state index in [4.69, 9.17) is 4.74 Å². The SMILES string of the molecule is CCc1ccccc1NC(=O)CN(C)C(=O)COc1ccccc1Cc1ccccc1. The van der Waals surface area contributed by atoms with E-state index in [2.05, 4.69) is 17.4 Å². The average Bonchev–Trinajstić information content (AvgIpc) is 2.79. The van der Waals surface area contributed by atoms with Gasteiger partial charge in [0.15, 0.2) is 6.61 Å². The van der Waals surface area contributed by atoms with Crippen molar-refractivity contribution in [3.63, 3.8) is 0 Å². The molecule has 5 heteroatoms. The molecule has 0 aliphatic rings. The van der Waals surface area contributed by atoms with Crippen LogP contribution in [0.4, 0.5) is 5.69 Å². The van der Waals surface area contributed by atoms with Crippen molar-refractivity contribution in [2.75, 3.05) is 25.5 Å². The van der Waals surface area contributed by atoms with Crippen molar-refractivity contribution in [1.29, 1.82) is 0 Å². The molecule has 0 aliphatic carbocycles. The Kier molecular flexibility index (Phi) is 7.82. The molecule has 2 amide bonds. The van der Waals surface area contributed by atoms with E-state index in [0.717, 1.165) is 29.7 Å². The Labute approximate surface area is 183 Å². The lowest BCUT2D eigenvalue weighted by molar-refractivity contribution is -0.135. The van der Waals surface area contributed by atoms with Gasteiger partial charge in [-0.25, -0.2) is 0 Å². The normalized spacial score (nSPS) is 10.4. The first-order valence-electron chi connectivity index (χ1n) is 10.4. The van der Waals surface area contributed by atoms with E-state index in [9.17, 15) is 9.59 Å². The molecule has 0 saturated heterocycles. The van der Waals surface area contributed by atoms with Gasteiger partial charge in [-0.2, -0.15) is 0 Å². The monoisotopic (exact) mass is 416 g/mol. The lowest BCUT2D eigenvalue weighted by Crippen LogP contribution is -2.37. The predicted molar refractivity (Wildman–Crippen MR) is 123 cm³/mol. The Hall–Kier alpha value is -3.60. The van der Waals surface area contributed by atoms with Gasteiger partial charge in [0.05, 0.1) is 6.54 Å². The summed E-state index contributed by atoms with van der Waals surface area (Å²) in [6.45, 7) is 1.88. The van der Waals surface area contributed by atoms with Crippen LogP contribution in [-0.2, 0) is 22.4 Å². The van der Waals surface area contributed by atoms with Crippen LogP contribution in [0.5, 0.6) is 5.75 Å². The molecule has 0 unspecified atom stereocenters. The van der Waals surface area contributed by atoms with Gasteiger partial charge in [0.1, 0.15) is 5.75 Å². The molecule has 3 rings (SSSR count). The zero-order valence-corrected chi connectivity index (χ0v) is 18.0. The Morgan fingerprint density at radius 3 is 2.26 bits per heavy atom. The number of nitrogens with zero attached hydrogens (tertiary/aromatic N) is 1. The van der Waals surface area contributed by atoms with Crippen molar-refractivity contribution in [2.45, 2.75) is 19.8 Å². The van der Waals surface area contributed by atoms with E-state index in [1.165, 1.54) is 10.5 Å². The number of rotatable bonds is 9. The highest BCUT2D eigenvalue weighted by Gasteiger charge is 2.15. The number of benzene rings is 3. The van der Waals surface area contributed by atoms with Crippen LogP contribution in [-0.4, -0.2) is 36.9 Å². The topological polar surface area (TPSA) is 58.6 Å². The minimum absolute atomic E-state index is 0.0358. The molecule has 0 aliphatic heterocycles. The Morgan fingerprint density at radius 2 is 1.52 bits per heavy atom. The second kappa shape index (κ2) is 11.0. The highest BCUT2D eigenvalue weighted by molar-refractivity contribution is 5.95. The van der Waals surface area contributed by atoms with Gasteiger partial charge in [-0.15, -0.1) is 0 Å². The fourth-order valence-corrected chi connectivity index (χ4v) is 3.30. The molecule has 0 atom stereocenters. The quantitative estimate of drug-likeness (QED) is 0.565. The van der Waals surface area contributed by atoms with Gasteiger partial charge in [-0.1, -0.05) is 73.7 Å². The number of carbonyl (C=O) groups is 2. The first-order valence-corrected chi connectivity index (χ1v) is 10.4. The van der Waals surface area contributed by atoms with Gasteiger partial charge in [-0.3, -0.25) is 9.59 Å². The van der Waals surface area contributed by atoms with Gasteiger partial charge < -0.3 is 15.0 Å². The highest BCUT2D eigenvalue weighted by Crippen LogP contribution is 2.21. The Morgan fingerprint density at radius 1 is 0.871 bits per heavy atom. The van der Waals surface area contributed by atoms with Crippen molar-refractivity contribution in [2.24, 2.45) is 0 Å². The number of nitrogens with one attached hydrogen (secondary N) is 1. The predicted octanol–water partition coefficient (Wildman–Crippen LogP) is 4.32. The summed E-state index contributed by atoms with van der Waals surface area (Å²) in [5, 5.41) is 2.88. The number of aryl methyl sites for hydroxylation is 1. The number of hydrogen-bond donors (Lipinski definition) is 1. The lowest BCUT2D eigenvalue weighted by atomic mass is 10.0. The standard InChI is InChI=1S/C26H28N2O3/c1-3-21-13-7-9-15-23(21)27-25(29)18-28(2)26(30)19-31-24-16-10-8-14-22(24)17-20-11-5-4-6-12-20/h4-16H,3,17-19H2,1-2H3,(H,27,29). The highest BCUT2D eigenvalue weighted by atomic mass is 16.5. The molecule has 1 N–H and O–H groups in total. The van der Waals surface area contributed by atoms with Gasteiger partial charge in [0, 0.05) is 19.2 Å². The fraction of sp³-hybridized carbons (Fsp3) is 0.231. The molecule has 0 spiro atoms. The molecule has 0 bridgehead atoms. The number of amides is 2. The molecule has 31 heavy (non-hydrogen) atoms. The maximum absolute atomic E-state index is 12.5. The Balaban J connectivity index is 1.54. The van der Waals surface area contributed by atoms with Gasteiger partial charge in [-0.05, 0) is 35.2 Å². The lowest BCUT2D eigenvalue weighted by Gasteiger charge is -2.18. The zero-order chi connectivity index (χ0) is 22.1. The minimum Gasteiger partial charge on any atom is -0.483 e. The molecule has 0 radical (unpaired) electrons. The molecule has 3 aromatic rings. The number of anilines is 1. The minimum atomic E-state index is -0.256. The summed E-state index contributed by atoms with van der Waals surface area (Å²) in [4.78, 5) is 26.3. The summed E-state index contributed by atoms with van der Waals surface area (Å²) in [6.07, 6.45) is 1.54. The summed E-state index contributed by atoms with van der Waals surface area (Å²) in [7, 11) is 1.60. The first kappa shape index (κ1) is 22.1. The van der Waals surface area contributed by atoms with Crippen LogP contribution in [0, 0.1) is 0 Å². The van der Waals surface area contributed by atoms with Gasteiger partial charge in [0.2, 0.25) is 5.91 Å². The largest absolute Gasteiger partial charge is 0.483 e. The summed E-state index contributed by atoms with van der Waals surface area (Å²) < 4.78 is 5.81. The summed E-state index contributed by atoms with van der Waals surface area (Å²) in [5.74, 6) is 0.184. The van der Waals surface area contributed by atoms with Crippen LogP contribution < -0.4 is 10.1 Å². The van der Waals surface area contributed by atoms with E-state index < -0.39 is 0 Å². The van der Waals surface area contributed by atoms with Crippen molar-refractivity contribution in [1.82, 2.24) is 4.90 Å². The van der Waals surface area contributed by atoms with Crippen LogP contribution >= 0.6 is 0 Å². The molecule has 5 nitrogen and oxygen atoms in total. The van der Waals surface area contributed by atoms with Crippen LogP contribution in [0.15, 0.2) is 78.9 Å². The van der Waals surface area contributed by atoms with E-state index >= 15 is 0 Å². The fourth-order valence-electron chi connectivity index (χ4n) is 3.30. The van der Waals surface area contributed by atoms with Crippen molar-refractivity contribution in [3.05, 3.63) is 95.6 Å². The molecule has 160 valence electrons. The molecule has 0 saturated carbocycles. The number of likely N-dealkylation sites (N-methyl/N-ethyl adjacent to an activating group) is 1.